The second-order valence-corrected chi connectivity index (χ2v) is 4.50. The molecule has 1 aromatic carbocycles. The topological polar surface area (TPSA) is 41.5 Å². The van der Waals surface area contributed by atoms with E-state index in [2.05, 4.69) is 12.2 Å². The predicted octanol–water partition coefficient (Wildman–Crippen LogP) is 2.00. The van der Waals surface area contributed by atoms with Gasteiger partial charge in [-0.25, -0.2) is 0 Å². The summed E-state index contributed by atoms with van der Waals surface area (Å²) in [5.74, 6) is 0.365. The van der Waals surface area contributed by atoms with Crippen molar-refractivity contribution < 1.29 is 9.84 Å². The van der Waals surface area contributed by atoms with E-state index < -0.39 is 0 Å². The van der Waals surface area contributed by atoms with E-state index in [4.69, 9.17) is 4.74 Å². The summed E-state index contributed by atoms with van der Waals surface area (Å²) >= 11 is 0. The maximum Gasteiger partial charge on any atom is 0.115 e. The van der Waals surface area contributed by atoms with Crippen molar-refractivity contribution >= 4 is 0 Å². The lowest BCUT2D eigenvalue weighted by Crippen LogP contribution is -2.32. The lowest BCUT2D eigenvalue weighted by atomic mass is 10.1. The predicted molar refractivity (Wildman–Crippen MR) is 63.6 cm³/mol. The highest BCUT2D eigenvalue weighted by atomic mass is 16.5. The number of aryl methyl sites for hydroxylation is 1. The maximum absolute atomic E-state index is 9.41. The first-order chi connectivity index (χ1) is 7.70. The smallest absolute Gasteiger partial charge is 0.115 e. The van der Waals surface area contributed by atoms with Crippen molar-refractivity contribution in [2.45, 2.75) is 31.8 Å². The number of phenols is 1. The molecule has 0 saturated carbocycles. The van der Waals surface area contributed by atoms with Gasteiger partial charge in [-0.3, -0.25) is 0 Å². The van der Waals surface area contributed by atoms with Crippen molar-refractivity contribution in [3.63, 3.8) is 0 Å². The Labute approximate surface area is 96.4 Å². The first kappa shape index (κ1) is 11.4. The largest absolute Gasteiger partial charge is 0.508 e. The molecule has 0 saturated heterocycles. The van der Waals surface area contributed by atoms with Crippen LogP contribution >= 0.6 is 0 Å². The summed E-state index contributed by atoms with van der Waals surface area (Å²) in [6, 6.07) is 6.42. The van der Waals surface area contributed by atoms with Crippen LogP contribution in [0, 0.1) is 0 Å². The summed E-state index contributed by atoms with van der Waals surface area (Å²) in [5.41, 5.74) is 2.59. The molecule has 88 valence electrons. The second-order valence-electron chi connectivity index (χ2n) is 4.50. The van der Waals surface area contributed by atoms with Gasteiger partial charge < -0.3 is 15.2 Å². The molecule has 0 spiro atoms. The molecule has 0 aliphatic heterocycles. The standard InChI is InChI=1S/C13H19NO2/c1-9(8-16-2)14-13-6-3-10-7-11(15)4-5-12(10)13/h4-5,7,9,13-15H,3,6,8H2,1-2H3. The van der Waals surface area contributed by atoms with Crippen LogP contribution in [0.4, 0.5) is 0 Å². The van der Waals surface area contributed by atoms with Gasteiger partial charge in [0.25, 0.3) is 0 Å². The number of nitrogens with one attached hydrogen (secondary N) is 1. The molecule has 0 fully saturated rings. The van der Waals surface area contributed by atoms with Crippen LogP contribution in [0.1, 0.15) is 30.5 Å². The van der Waals surface area contributed by atoms with Crippen molar-refractivity contribution in [2.24, 2.45) is 0 Å². The molecule has 1 aliphatic carbocycles. The molecule has 1 aromatic rings. The van der Waals surface area contributed by atoms with Gasteiger partial charge in [-0.2, -0.15) is 0 Å². The van der Waals surface area contributed by atoms with E-state index in [1.165, 1.54) is 11.1 Å². The zero-order valence-electron chi connectivity index (χ0n) is 9.86. The maximum atomic E-state index is 9.41. The van der Waals surface area contributed by atoms with E-state index in [0.717, 1.165) is 19.4 Å². The molecular formula is C13H19NO2. The Balaban J connectivity index is 2.06. The summed E-state index contributed by atoms with van der Waals surface area (Å²) in [6.45, 7) is 2.85. The molecule has 2 unspecified atom stereocenters. The Morgan fingerprint density at radius 1 is 1.56 bits per heavy atom. The van der Waals surface area contributed by atoms with Crippen LogP contribution in [0.5, 0.6) is 5.75 Å². The van der Waals surface area contributed by atoms with E-state index in [0.29, 0.717) is 17.8 Å². The fourth-order valence-electron chi connectivity index (χ4n) is 2.42. The van der Waals surface area contributed by atoms with Gasteiger partial charge in [-0.15, -0.1) is 0 Å². The zero-order chi connectivity index (χ0) is 11.5. The molecule has 2 N–H and O–H groups in total. The van der Waals surface area contributed by atoms with Gasteiger partial charge >= 0.3 is 0 Å². The Bertz CT molecular complexity index is 365. The number of benzene rings is 1. The quantitative estimate of drug-likeness (QED) is 0.817. The molecule has 0 radical (unpaired) electrons. The van der Waals surface area contributed by atoms with Gasteiger partial charge in [0.2, 0.25) is 0 Å². The van der Waals surface area contributed by atoms with E-state index in [1.807, 2.05) is 12.1 Å². The molecule has 16 heavy (non-hydrogen) atoms. The summed E-state index contributed by atoms with van der Waals surface area (Å²) in [7, 11) is 1.72. The highest BCUT2D eigenvalue weighted by Crippen LogP contribution is 2.33. The molecule has 1 aliphatic rings. The van der Waals surface area contributed by atoms with Gasteiger partial charge in [0, 0.05) is 19.2 Å². The summed E-state index contributed by atoms with van der Waals surface area (Å²) < 4.78 is 5.12. The molecule has 2 rings (SSSR count). The van der Waals surface area contributed by atoms with Gasteiger partial charge in [0.1, 0.15) is 5.75 Å². The van der Waals surface area contributed by atoms with E-state index in [9.17, 15) is 5.11 Å². The van der Waals surface area contributed by atoms with Crippen LogP contribution < -0.4 is 5.32 Å². The third-order valence-electron chi connectivity index (χ3n) is 3.11. The zero-order valence-corrected chi connectivity index (χ0v) is 9.86. The van der Waals surface area contributed by atoms with Crippen LogP contribution in [0.25, 0.3) is 0 Å². The molecule has 2 atom stereocenters. The molecule has 0 aromatic heterocycles. The first-order valence-electron chi connectivity index (χ1n) is 5.77. The normalized spacial score (nSPS) is 20.8. The monoisotopic (exact) mass is 221 g/mol. The van der Waals surface area contributed by atoms with Gasteiger partial charge in [-0.1, -0.05) is 6.07 Å². The molecule has 0 heterocycles. The minimum Gasteiger partial charge on any atom is -0.508 e. The number of fused-ring (bicyclic) bond motifs is 1. The number of hydrogen-bond acceptors (Lipinski definition) is 3. The Morgan fingerprint density at radius 3 is 3.12 bits per heavy atom. The molecular weight excluding hydrogens is 202 g/mol. The van der Waals surface area contributed by atoms with Crippen LogP contribution in [-0.2, 0) is 11.2 Å². The van der Waals surface area contributed by atoms with E-state index in [1.54, 1.807) is 13.2 Å². The Morgan fingerprint density at radius 2 is 2.38 bits per heavy atom. The van der Waals surface area contributed by atoms with Crippen LogP contribution in [-0.4, -0.2) is 24.9 Å². The number of hydrogen-bond donors (Lipinski definition) is 2. The number of rotatable bonds is 4. The lowest BCUT2D eigenvalue weighted by Gasteiger charge is -2.19. The third-order valence-corrected chi connectivity index (χ3v) is 3.11. The first-order valence-corrected chi connectivity index (χ1v) is 5.77. The van der Waals surface area contributed by atoms with Crippen molar-refractivity contribution in [1.29, 1.82) is 0 Å². The second kappa shape index (κ2) is 4.85. The van der Waals surface area contributed by atoms with Crippen molar-refractivity contribution in [3.8, 4) is 5.75 Å². The average molecular weight is 221 g/mol. The van der Waals surface area contributed by atoms with Crippen LogP contribution in [0.2, 0.25) is 0 Å². The number of aromatic hydroxyl groups is 1. The highest BCUT2D eigenvalue weighted by molar-refractivity contribution is 5.40. The lowest BCUT2D eigenvalue weighted by molar-refractivity contribution is 0.166. The number of ether oxygens (including phenoxy) is 1. The van der Waals surface area contributed by atoms with E-state index >= 15 is 0 Å². The minimum atomic E-state index is 0.356. The molecule has 0 amide bonds. The summed E-state index contributed by atoms with van der Waals surface area (Å²) in [4.78, 5) is 0. The molecule has 0 bridgehead atoms. The van der Waals surface area contributed by atoms with Crippen molar-refractivity contribution in [2.75, 3.05) is 13.7 Å². The number of phenolic OH excluding ortho intramolecular Hbond substituents is 1. The van der Waals surface area contributed by atoms with Crippen LogP contribution in [0.15, 0.2) is 18.2 Å². The average Bonchev–Trinajstić information content (AvgIpc) is 2.61. The van der Waals surface area contributed by atoms with Crippen molar-refractivity contribution in [3.05, 3.63) is 29.3 Å². The molecule has 3 heteroatoms. The van der Waals surface area contributed by atoms with Gasteiger partial charge in [-0.05, 0) is 43.0 Å². The van der Waals surface area contributed by atoms with Gasteiger partial charge in [0.05, 0.1) is 6.61 Å². The fraction of sp³-hybridized carbons (Fsp3) is 0.538. The Hall–Kier alpha value is -1.06. The molecule has 3 nitrogen and oxygen atoms in total. The third kappa shape index (κ3) is 2.36. The SMILES string of the molecule is COCC(C)NC1CCc2cc(O)ccc21. The summed E-state index contributed by atoms with van der Waals surface area (Å²) in [5, 5.41) is 13.0. The fourth-order valence-corrected chi connectivity index (χ4v) is 2.42. The van der Waals surface area contributed by atoms with Gasteiger partial charge in [0.15, 0.2) is 0 Å². The van der Waals surface area contributed by atoms with Crippen LogP contribution in [0.3, 0.4) is 0 Å². The highest BCUT2D eigenvalue weighted by Gasteiger charge is 2.23. The van der Waals surface area contributed by atoms with Crippen molar-refractivity contribution in [1.82, 2.24) is 5.32 Å². The van der Waals surface area contributed by atoms with E-state index in [-0.39, 0.29) is 0 Å². The number of methoxy groups -OCH3 is 1. The Kier molecular flexibility index (Phi) is 3.46. The summed E-state index contributed by atoms with van der Waals surface area (Å²) in [6.07, 6.45) is 2.15. The minimum absolute atomic E-state index is 0.356.